The number of amidine groups is 1. The number of rotatable bonds is 2. The van der Waals surface area contributed by atoms with E-state index in [1.165, 1.54) is 5.17 Å². The van der Waals surface area contributed by atoms with E-state index in [9.17, 15) is 0 Å². The number of aryl methyl sites for hydroxylation is 1. The minimum Gasteiger partial charge on any atom is -0.348 e. The van der Waals surface area contributed by atoms with Gasteiger partial charge in [0.05, 0.1) is 12.6 Å². The molecule has 0 spiro atoms. The molecule has 0 aromatic carbocycles. The molecular formula is C11H15N5S. The molecule has 0 amide bonds. The van der Waals surface area contributed by atoms with E-state index in [0.717, 1.165) is 36.9 Å². The zero-order valence-corrected chi connectivity index (χ0v) is 10.6. The maximum atomic E-state index is 4.46. The fourth-order valence-electron chi connectivity index (χ4n) is 1.89. The summed E-state index contributed by atoms with van der Waals surface area (Å²) in [4.78, 5) is 15.3. The first kappa shape index (κ1) is 10.8. The molecule has 0 unspecified atom stereocenters. The van der Waals surface area contributed by atoms with Crippen LogP contribution in [0.4, 0.5) is 5.95 Å². The monoisotopic (exact) mass is 249 g/mol. The molecule has 0 bridgehead atoms. The van der Waals surface area contributed by atoms with Crippen molar-refractivity contribution in [1.82, 2.24) is 14.9 Å². The zero-order chi connectivity index (χ0) is 11.7. The maximum Gasteiger partial charge on any atom is 0.222 e. The van der Waals surface area contributed by atoms with Gasteiger partial charge in [0.25, 0.3) is 0 Å². The van der Waals surface area contributed by atoms with Gasteiger partial charge in [-0.2, -0.15) is 0 Å². The molecule has 3 rings (SSSR count). The van der Waals surface area contributed by atoms with Crippen LogP contribution in [0.15, 0.2) is 17.4 Å². The Morgan fingerprint density at radius 1 is 1.35 bits per heavy atom. The van der Waals surface area contributed by atoms with Crippen molar-refractivity contribution in [2.75, 3.05) is 30.7 Å². The van der Waals surface area contributed by atoms with Crippen molar-refractivity contribution in [2.45, 2.75) is 13.0 Å². The highest BCUT2D eigenvalue weighted by Crippen LogP contribution is 2.21. The van der Waals surface area contributed by atoms with E-state index in [0.29, 0.717) is 6.04 Å². The molecule has 1 aromatic heterocycles. The molecule has 90 valence electrons. The van der Waals surface area contributed by atoms with Gasteiger partial charge in [0.2, 0.25) is 5.95 Å². The topological polar surface area (TPSA) is 53.4 Å². The molecule has 2 aliphatic heterocycles. The predicted octanol–water partition coefficient (Wildman–Crippen LogP) is 0.984. The normalized spacial score (nSPS) is 20.1. The first-order valence-electron chi connectivity index (χ1n) is 5.78. The third-order valence-electron chi connectivity index (χ3n) is 2.84. The standard InChI is InChI=1S/C11H15N5S/c1-8-4-13-10(14-5-8)15-9-6-16(7-9)11-12-2-3-17-11/h4-5,9H,2-3,6-7H2,1H3,(H,13,14,15). The second kappa shape index (κ2) is 4.52. The lowest BCUT2D eigenvalue weighted by Gasteiger charge is -2.40. The van der Waals surface area contributed by atoms with E-state index in [-0.39, 0.29) is 0 Å². The van der Waals surface area contributed by atoms with Gasteiger partial charge in [-0.05, 0) is 12.5 Å². The zero-order valence-electron chi connectivity index (χ0n) is 9.76. The molecule has 0 aliphatic carbocycles. The van der Waals surface area contributed by atoms with Gasteiger partial charge in [-0.1, -0.05) is 11.8 Å². The molecule has 3 heterocycles. The molecular weight excluding hydrogens is 234 g/mol. The smallest absolute Gasteiger partial charge is 0.222 e. The molecule has 5 nitrogen and oxygen atoms in total. The summed E-state index contributed by atoms with van der Waals surface area (Å²) >= 11 is 1.85. The van der Waals surface area contributed by atoms with Gasteiger partial charge in [-0.25, -0.2) is 9.97 Å². The van der Waals surface area contributed by atoms with E-state index >= 15 is 0 Å². The summed E-state index contributed by atoms with van der Waals surface area (Å²) in [6, 6.07) is 0.446. The summed E-state index contributed by atoms with van der Waals surface area (Å²) in [7, 11) is 0. The van der Waals surface area contributed by atoms with Crippen LogP contribution in [-0.4, -0.2) is 51.5 Å². The Morgan fingerprint density at radius 2 is 2.12 bits per heavy atom. The van der Waals surface area contributed by atoms with Crippen molar-refractivity contribution >= 4 is 22.9 Å². The van der Waals surface area contributed by atoms with Crippen LogP contribution < -0.4 is 5.32 Å². The molecule has 17 heavy (non-hydrogen) atoms. The van der Waals surface area contributed by atoms with E-state index in [2.05, 4.69) is 25.2 Å². The average molecular weight is 249 g/mol. The molecule has 6 heteroatoms. The summed E-state index contributed by atoms with van der Waals surface area (Å²) in [6.07, 6.45) is 3.67. The van der Waals surface area contributed by atoms with E-state index in [1.807, 2.05) is 31.1 Å². The Kier molecular flexibility index (Phi) is 2.88. The van der Waals surface area contributed by atoms with Crippen LogP contribution in [0.5, 0.6) is 0 Å². The number of anilines is 1. The van der Waals surface area contributed by atoms with Crippen molar-refractivity contribution in [3.8, 4) is 0 Å². The van der Waals surface area contributed by atoms with E-state index < -0.39 is 0 Å². The number of hydrogen-bond acceptors (Lipinski definition) is 6. The number of aromatic nitrogens is 2. The number of nitrogens with zero attached hydrogens (tertiary/aromatic N) is 4. The lowest BCUT2D eigenvalue weighted by molar-refractivity contribution is 0.274. The largest absolute Gasteiger partial charge is 0.348 e. The number of aliphatic imine (C=N–C) groups is 1. The van der Waals surface area contributed by atoms with Gasteiger partial charge in [0.1, 0.15) is 0 Å². The number of thioether (sulfide) groups is 1. The van der Waals surface area contributed by atoms with Crippen LogP contribution in [0.3, 0.4) is 0 Å². The fourth-order valence-corrected chi connectivity index (χ4v) is 2.77. The van der Waals surface area contributed by atoms with Crippen molar-refractivity contribution in [3.05, 3.63) is 18.0 Å². The predicted molar refractivity (Wildman–Crippen MR) is 70.5 cm³/mol. The van der Waals surface area contributed by atoms with Crippen LogP contribution >= 0.6 is 11.8 Å². The summed E-state index contributed by atoms with van der Waals surface area (Å²) in [6.45, 7) is 4.96. The van der Waals surface area contributed by atoms with Gasteiger partial charge in [0, 0.05) is 31.2 Å². The highest BCUT2D eigenvalue weighted by atomic mass is 32.2. The van der Waals surface area contributed by atoms with Crippen LogP contribution in [0, 0.1) is 6.92 Å². The highest BCUT2D eigenvalue weighted by molar-refractivity contribution is 8.14. The molecule has 0 atom stereocenters. The molecule has 2 aliphatic rings. The van der Waals surface area contributed by atoms with Crippen LogP contribution in [0.2, 0.25) is 0 Å². The van der Waals surface area contributed by atoms with E-state index in [4.69, 9.17) is 0 Å². The second-order valence-electron chi connectivity index (χ2n) is 4.34. The molecule has 1 saturated heterocycles. The van der Waals surface area contributed by atoms with Crippen molar-refractivity contribution < 1.29 is 0 Å². The maximum absolute atomic E-state index is 4.46. The SMILES string of the molecule is Cc1cnc(NC2CN(C3=NCCS3)C2)nc1. The Morgan fingerprint density at radius 3 is 2.76 bits per heavy atom. The molecule has 0 radical (unpaired) electrons. The summed E-state index contributed by atoms with van der Waals surface area (Å²) in [5, 5.41) is 4.53. The quantitative estimate of drug-likeness (QED) is 0.847. The number of nitrogens with one attached hydrogen (secondary N) is 1. The molecule has 1 N–H and O–H groups in total. The lowest BCUT2D eigenvalue weighted by Crippen LogP contribution is -2.56. The van der Waals surface area contributed by atoms with Crippen LogP contribution in [0.25, 0.3) is 0 Å². The minimum absolute atomic E-state index is 0.446. The first-order valence-corrected chi connectivity index (χ1v) is 6.77. The van der Waals surface area contributed by atoms with E-state index in [1.54, 1.807) is 0 Å². The molecule has 1 aromatic rings. The third kappa shape index (κ3) is 2.36. The number of likely N-dealkylation sites (tertiary alicyclic amines) is 1. The fraction of sp³-hybridized carbons (Fsp3) is 0.545. The highest BCUT2D eigenvalue weighted by Gasteiger charge is 2.30. The van der Waals surface area contributed by atoms with Crippen LogP contribution in [0.1, 0.15) is 5.56 Å². The molecule has 0 saturated carbocycles. The average Bonchev–Trinajstić information content (AvgIpc) is 2.78. The Balaban J connectivity index is 1.51. The van der Waals surface area contributed by atoms with Crippen molar-refractivity contribution in [1.29, 1.82) is 0 Å². The lowest BCUT2D eigenvalue weighted by atomic mass is 10.1. The summed E-state index contributed by atoms with van der Waals surface area (Å²) in [5.41, 5.74) is 1.09. The number of hydrogen-bond donors (Lipinski definition) is 1. The minimum atomic E-state index is 0.446. The Hall–Kier alpha value is -1.30. The van der Waals surface area contributed by atoms with Gasteiger partial charge < -0.3 is 10.2 Å². The Labute approximate surface area is 105 Å². The van der Waals surface area contributed by atoms with Crippen molar-refractivity contribution in [3.63, 3.8) is 0 Å². The summed E-state index contributed by atoms with van der Waals surface area (Å²) < 4.78 is 0. The van der Waals surface area contributed by atoms with Crippen LogP contribution in [-0.2, 0) is 0 Å². The van der Waals surface area contributed by atoms with Gasteiger partial charge >= 0.3 is 0 Å². The molecule has 1 fully saturated rings. The van der Waals surface area contributed by atoms with Crippen molar-refractivity contribution in [2.24, 2.45) is 4.99 Å². The third-order valence-corrected chi connectivity index (χ3v) is 3.87. The Bertz CT molecular complexity index is 424. The second-order valence-corrected chi connectivity index (χ2v) is 5.41. The first-order chi connectivity index (χ1) is 8.31. The van der Waals surface area contributed by atoms with Gasteiger partial charge in [-0.15, -0.1) is 0 Å². The van der Waals surface area contributed by atoms with Gasteiger partial charge in [-0.3, -0.25) is 4.99 Å². The summed E-state index contributed by atoms with van der Waals surface area (Å²) in [5.74, 6) is 1.85. The van der Waals surface area contributed by atoms with Gasteiger partial charge in [0.15, 0.2) is 5.17 Å².